The van der Waals surface area contributed by atoms with Crippen LogP contribution in [-0.2, 0) is 6.42 Å². The van der Waals surface area contributed by atoms with Gasteiger partial charge in [0.05, 0.1) is 0 Å². The fraction of sp³-hybridized carbons (Fsp3) is 0.500. The number of hydrogen-bond acceptors (Lipinski definition) is 0. The zero-order valence-corrected chi connectivity index (χ0v) is 10.5. The predicted octanol–water partition coefficient (Wildman–Crippen LogP) is 5.23. The van der Waals surface area contributed by atoms with Crippen molar-refractivity contribution in [2.75, 3.05) is 0 Å². The van der Waals surface area contributed by atoms with E-state index in [0.717, 1.165) is 0 Å². The van der Waals surface area contributed by atoms with Gasteiger partial charge in [0, 0.05) is 0 Å². The third-order valence-electron chi connectivity index (χ3n) is 3.07. The van der Waals surface area contributed by atoms with Gasteiger partial charge in [-0.1, -0.05) is 75.9 Å². The van der Waals surface area contributed by atoms with E-state index in [4.69, 9.17) is 0 Å². The predicted molar refractivity (Wildman–Crippen MR) is 73.6 cm³/mol. The van der Waals surface area contributed by atoms with Gasteiger partial charge in [-0.15, -0.1) is 0 Å². The second-order valence-corrected chi connectivity index (χ2v) is 4.42. The Morgan fingerprint density at radius 1 is 1.00 bits per heavy atom. The maximum Gasteiger partial charge on any atom is -0.0230 e. The molecular weight excluding hydrogens is 192 g/mol. The fourth-order valence-electron chi connectivity index (χ4n) is 2.06. The summed E-state index contributed by atoms with van der Waals surface area (Å²) in [5.74, 6) is 0. The lowest BCUT2D eigenvalue weighted by Crippen LogP contribution is -1.89. The molecule has 0 N–H and O–H groups in total. The SMILES string of the molecule is C=Cc1ccccc1CCCCCCCC. The highest BCUT2D eigenvalue weighted by molar-refractivity contribution is 5.51. The lowest BCUT2D eigenvalue weighted by molar-refractivity contribution is 0.607. The highest BCUT2D eigenvalue weighted by Crippen LogP contribution is 2.14. The number of benzene rings is 1. The monoisotopic (exact) mass is 216 g/mol. The summed E-state index contributed by atoms with van der Waals surface area (Å²) in [4.78, 5) is 0. The van der Waals surface area contributed by atoms with Crippen molar-refractivity contribution >= 4 is 6.08 Å². The van der Waals surface area contributed by atoms with E-state index in [1.54, 1.807) is 0 Å². The Morgan fingerprint density at radius 2 is 1.69 bits per heavy atom. The van der Waals surface area contributed by atoms with Crippen LogP contribution in [0.15, 0.2) is 30.8 Å². The van der Waals surface area contributed by atoms with Crippen molar-refractivity contribution in [3.05, 3.63) is 42.0 Å². The van der Waals surface area contributed by atoms with Crippen LogP contribution in [0.3, 0.4) is 0 Å². The first-order valence-electron chi connectivity index (χ1n) is 6.58. The molecule has 0 aliphatic rings. The van der Waals surface area contributed by atoms with Crippen LogP contribution in [0, 0.1) is 0 Å². The first-order valence-corrected chi connectivity index (χ1v) is 6.58. The van der Waals surface area contributed by atoms with Crippen LogP contribution in [-0.4, -0.2) is 0 Å². The molecule has 0 spiro atoms. The van der Waals surface area contributed by atoms with Crippen LogP contribution < -0.4 is 0 Å². The molecule has 0 heteroatoms. The lowest BCUT2D eigenvalue weighted by Gasteiger charge is -2.05. The largest absolute Gasteiger partial charge is 0.0985 e. The third-order valence-corrected chi connectivity index (χ3v) is 3.07. The van der Waals surface area contributed by atoms with Gasteiger partial charge in [0.1, 0.15) is 0 Å². The van der Waals surface area contributed by atoms with E-state index < -0.39 is 0 Å². The molecule has 0 bridgehead atoms. The minimum atomic E-state index is 1.20. The van der Waals surface area contributed by atoms with Gasteiger partial charge < -0.3 is 0 Å². The molecule has 0 saturated carbocycles. The quantitative estimate of drug-likeness (QED) is 0.522. The maximum absolute atomic E-state index is 3.86. The van der Waals surface area contributed by atoms with Gasteiger partial charge in [-0.05, 0) is 24.0 Å². The van der Waals surface area contributed by atoms with E-state index in [-0.39, 0.29) is 0 Å². The fourth-order valence-corrected chi connectivity index (χ4v) is 2.06. The van der Waals surface area contributed by atoms with Crippen LogP contribution in [0.25, 0.3) is 6.08 Å². The van der Waals surface area contributed by atoms with E-state index in [0.29, 0.717) is 0 Å². The van der Waals surface area contributed by atoms with Crippen molar-refractivity contribution in [2.24, 2.45) is 0 Å². The zero-order valence-electron chi connectivity index (χ0n) is 10.5. The Bertz CT molecular complexity index is 299. The van der Waals surface area contributed by atoms with Gasteiger partial charge in [-0.25, -0.2) is 0 Å². The van der Waals surface area contributed by atoms with E-state index >= 15 is 0 Å². The summed E-state index contributed by atoms with van der Waals surface area (Å²) >= 11 is 0. The van der Waals surface area contributed by atoms with E-state index in [2.05, 4.69) is 37.8 Å². The smallest absolute Gasteiger partial charge is 0.0230 e. The van der Waals surface area contributed by atoms with Crippen LogP contribution in [0.4, 0.5) is 0 Å². The molecule has 1 aromatic carbocycles. The van der Waals surface area contributed by atoms with Crippen molar-refractivity contribution in [1.82, 2.24) is 0 Å². The Kier molecular flexibility index (Phi) is 6.64. The molecule has 1 rings (SSSR count). The molecule has 0 nitrogen and oxygen atoms in total. The molecule has 0 aliphatic carbocycles. The summed E-state index contributed by atoms with van der Waals surface area (Å²) in [5.41, 5.74) is 2.75. The third kappa shape index (κ3) is 4.65. The number of hydrogen-bond donors (Lipinski definition) is 0. The van der Waals surface area contributed by atoms with Crippen LogP contribution in [0.2, 0.25) is 0 Å². The summed E-state index contributed by atoms with van der Waals surface area (Å²) in [6.45, 7) is 6.12. The molecule has 0 atom stereocenters. The van der Waals surface area contributed by atoms with Gasteiger partial charge in [0.2, 0.25) is 0 Å². The minimum absolute atomic E-state index is 1.20. The molecule has 88 valence electrons. The molecule has 0 amide bonds. The van der Waals surface area contributed by atoms with Crippen molar-refractivity contribution in [1.29, 1.82) is 0 Å². The van der Waals surface area contributed by atoms with Gasteiger partial charge in [0.25, 0.3) is 0 Å². The summed E-state index contributed by atoms with van der Waals surface area (Å²) in [7, 11) is 0. The number of unbranched alkanes of at least 4 members (excludes halogenated alkanes) is 5. The van der Waals surface area contributed by atoms with Gasteiger partial charge in [0.15, 0.2) is 0 Å². The second kappa shape index (κ2) is 8.15. The number of aryl methyl sites for hydroxylation is 1. The van der Waals surface area contributed by atoms with Crippen LogP contribution in [0.5, 0.6) is 0 Å². The van der Waals surface area contributed by atoms with Crippen molar-refractivity contribution in [3.8, 4) is 0 Å². The van der Waals surface area contributed by atoms with Crippen molar-refractivity contribution in [2.45, 2.75) is 51.9 Å². The molecular formula is C16H24. The van der Waals surface area contributed by atoms with E-state index in [1.807, 2.05) is 6.08 Å². The summed E-state index contributed by atoms with van der Waals surface area (Å²) in [6, 6.07) is 8.59. The average molecular weight is 216 g/mol. The Labute approximate surface area is 100 Å². The molecule has 0 heterocycles. The van der Waals surface area contributed by atoms with Gasteiger partial charge in [-0.2, -0.15) is 0 Å². The average Bonchev–Trinajstić information content (AvgIpc) is 2.34. The summed E-state index contributed by atoms with van der Waals surface area (Å²) in [6.07, 6.45) is 11.4. The van der Waals surface area contributed by atoms with Gasteiger partial charge >= 0.3 is 0 Å². The van der Waals surface area contributed by atoms with Gasteiger partial charge in [-0.3, -0.25) is 0 Å². The molecule has 0 radical (unpaired) electrons. The highest BCUT2D eigenvalue weighted by atomic mass is 14.0. The molecule has 0 saturated heterocycles. The Balaban J connectivity index is 2.23. The zero-order chi connectivity index (χ0) is 11.6. The highest BCUT2D eigenvalue weighted by Gasteiger charge is 1.97. The maximum atomic E-state index is 3.86. The first-order chi connectivity index (χ1) is 7.88. The Hall–Kier alpha value is -1.04. The minimum Gasteiger partial charge on any atom is -0.0985 e. The molecule has 0 fully saturated rings. The normalized spacial score (nSPS) is 10.3. The molecule has 0 unspecified atom stereocenters. The summed E-state index contributed by atoms with van der Waals surface area (Å²) < 4.78 is 0. The molecule has 1 aromatic rings. The number of rotatable bonds is 8. The molecule has 16 heavy (non-hydrogen) atoms. The summed E-state index contributed by atoms with van der Waals surface area (Å²) in [5, 5.41) is 0. The first kappa shape index (κ1) is 13.0. The van der Waals surface area contributed by atoms with Crippen LogP contribution >= 0.6 is 0 Å². The van der Waals surface area contributed by atoms with Crippen molar-refractivity contribution in [3.63, 3.8) is 0 Å². The van der Waals surface area contributed by atoms with Crippen LogP contribution in [0.1, 0.15) is 56.6 Å². The second-order valence-electron chi connectivity index (χ2n) is 4.42. The topological polar surface area (TPSA) is 0 Å². The van der Waals surface area contributed by atoms with E-state index in [9.17, 15) is 0 Å². The van der Waals surface area contributed by atoms with E-state index in [1.165, 1.54) is 56.1 Å². The van der Waals surface area contributed by atoms with Crippen molar-refractivity contribution < 1.29 is 0 Å². The molecule has 0 aliphatic heterocycles. The lowest BCUT2D eigenvalue weighted by atomic mass is 10.0. The Morgan fingerprint density at radius 3 is 2.44 bits per heavy atom. The standard InChI is InChI=1S/C16H24/c1-3-5-6-7-8-9-13-16-14-11-10-12-15(16)4-2/h4,10-12,14H,2-3,5-9,13H2,1H3. The molecule has 0 aromatic heterocycles.